The van der Waals surface area contributed by atoms with Crippen molar-refractivity contribution in [3.63, 3.8) is 0 Å². The van der Waals surface area contributed by atoms with Gasteiger partial charge < -0.3 is 4.90 Å². The van der Waals surface area contributed by atoms with Gasteiger partial charge in [-0.2, -0.15) is 5.10 Å². The Morgan fingerprint density at radius 1 is 1.21 bits per heavy atom. The Bertz CT molecular complexity index is 1200. The molecule has 1 saturated heterocycles. The fraction of sp³-hybridized carbons (Fsp3) is 0.375. The number of anilines is 1. The van der Waals surface area contributed by atoms with E-state index in [0.29, 0.717) is 43.1 Å². The third-order valence-corrected chi connectivity index (χ3v) is 6.35. The maximum Gasteiger partial charge on any atom is 0.244 e. The summed E-state index contributed by atoms with van der Waals surface area (Å²) in [4.78, 5) is 38.5. The van der Waals surface area contributed by atoms with Crippen LogP contribution in [0.4, 0.5) is 10.2 Å². The van der Waals surface area contributed by atoms with Crippen LogP contribution in [0, 0.1) is 12.7 Å². The predicted molar refractivity (Wildman–Crippen MR) is 119 cm³/mol. The molecule has 5 rings (SSSR count). The van der Waals surface area contributed by atoms with Gasteiger partial charge in [0.15, 0.2) is 0 Å². The van der Waals surface area contributed by atoms with Gasteiger partial charge in [-0.15, -0.1) is 0 Å². The van der Waals surface area contributed by atoms with Gasteiger partial charge in [0.2, 0.25) is 11.8 Å². The number of hydrogen-bond donors (Lipinski definition) is 0. The van der Waals surface area contributed by atoms with Crippen molar-refractivity contribution in [1.82, 2.24) is 24.6 Å². The van der Waals surface area contributed by atoms with Crippen molar-refractivity contribution in [3.8, 4) is 0 Å². The molecule has 2 aliphatic rings. The highest BCUT2D eigenvalue weighted by Crippen LogP contribution is 2.33. The Kier molecular flexibility index (Phi) is 5.62. The van der Waals surface area contributed by atoms with Gasteiger partial charge in [-0.1, -0.05) is 12.1 Å². The van der Waals surface area contributed by atoms with Crippen LogP contribution in [-0.4, -0.2) is 49.6 Å². The SMILES string of the molecule is Cc1nc(C2CCN(C(=O)Cn3cccn3)C2)nc2c1CCC(=O)N2Cc1cccc(F)c1. The summed E-state index contributed by atoms with van der Waals surface area (Å²) in [5, 5.41) is 4.10. The summed E-state index contributed by atoms with van der Waals surface area (Å²) in [6.45, 7) is 3.58. The summed E-state index contributed by atoms with van der Waals surface area (Å²) in [6.07, 6.45) is 5.16. The summed E-state index contributed by atoms with van der Waals surface area (Å²) in [5.41, 5.74) is 2.53. The lowest BCUT2D eigenvalue weighted by Crippen LogP contribution is -2.36. The van der Waals surface area contributed by atoms with Crippen LogP contribution in [0.1, 0.15) is 41.4 Å². The molecule has 2 aromatic heterocycles. The second-order valence-electron chi connectivity index (χ2n) is 8.61. The van der Waals surface area contributed by atoms with Crippen LogP contribution in [0.5, 0.6) is 0 Å². The van der Waals surface area contributed by atoms with E-state index >= 15 is 0 Å². The molecular formula is C24H25FN6O2. The van der Waals surface area contributed by atoms with Crippen molar-refractivity contribution in [1.29, 1.82) is 0 Å². The zero-order valence-corrected chi connectivity index (χ0v) is 18.4. The van der Waals surface area contributed by atoms with Crippen molar-refractivity contribution in [2.45, 2.75) is 45.2 Å². The molecule has 8 nitrogen and oxygen atoms in total. The van der Waals surface area contributed by atoms with Crippen molar-refractivity contribution < 1.29 is 14.0 Å². The van der Waals surface area contributed by atoms with Gasteiger partial charge >= 0.3 is 0 Å². The molecule has 9 heteroatoms. The lowest BCUT2D eigenvalue weighted by atomic mass is 10.0. The molecule has 1 atom stereocenters. The molecule has 0 bridgehead atoms. The molecule has 2 aliphatic heterocycles. The van der Waals surface area contributed by atoms with Crippen LogP contribution in [0.3, 0.4) is 0 Å². The number of aryl methyl sites for hydroxylation is 1. The van der Waals surface area contributed by atoms with Crippen LogP contribution < -0.4 is 4.90 Å². The number of carbonyl (C=O) groups excluding carboxylic acids is 2. The predicted octanol–water partition coefficient (Wildman–Crippen LogP) is 2.62. The van der Waals surface area contributed by atoms with E-state index in [0.717, 1.165) is 17.7 Å². The third kappa shape index (κ3) is 4.35. The number of carbonyl (C=O) groups is 2. The maximum atomic E-state index is 13.7. The smallest absolute Gasteiger partial charge is 0.244 e. The molecule has 0 spiro atoms. The van der Waals surface area contributed by atoms with E-state index in [4.69, 9.17) is 9.97 Å². The van der Waals surface area contributed by atoms with Gasteiger partial charge in [0.25, 0.3) is 0 Å². The molecule has 0 saturated carbocycles. The molecule has 1 unspecified atom stereocenters. The van der Waals surface area contributed by atoms with Gasteiger partial charge in [0.1, 0.15) is 24.0 Å². The number of benzene rings is 1. The average molecular weight is 449 g/mol. The molecular weight excluding hydrogens is 423 g/mol. The molecule has 1 fully saturated rings. The highest BCUT2D eigenvalue weighted by Gasteiger charge is 2.33. The Morgan fingerprint density at radius 3 is 2.88 bits per heavy atom. The van der Waals surface area contributed by atoms with Crippen LogP contribution in [0.15, 0.2) is 42.7 Å². The van der Waals surface area contributed by atoms with Crippen LogP contribution in [0.2, 0.25) is 0 Å². The van der Waals surface area contributed by atoms with Crippen molar-refractivity contribution in [2.75, 3.05) is 18.0 Å². The van der Waals surface area contributed by atoms with Gasteiger partial charge in [-0.3, -0.25) is 19.2 Å². The minimum Gasteiger partial charge on any atom is -0.340 e. The van der Waals surface area contributed by atoms with Crippen LogP contribution in [-0.2, 0) is 29.1 Å². The number of rotatable bonds is 5. The fourth-order valence-electron chi connectivity index (χ4n) is 4.60. The summed E-state index contributed by atoms with van der Waals surface area (Å²) in [7, 11) is 0. The summed E-state index contributed by atoms with van der Waals surface area (Å²) in [5.74, 6) is 0.919. The molecule has 4 heterocycles. The highest BCUT2D eigenvalue weighted by molar-refractivity contribution is 5.95. The number of hydrogen-bond acceptors (Lipinski definition) is 5. The first-order chi connectivity index (χ1) is 16.0. The fourth-order valence-corrected chi connectivity index (χ4v) is 4.60. The van der Waals surface area contributed by atoms with E-state index in [9.17, 15) is 14.0 Å². The normalized spacial score (nSPS) is 18.0. The lowest BCUT2D eigenvalue weighted by molar-refractivity contribution is -0.131. The first-order valence-electron chi connectivity index (χ1n) is 11.2. The number of aromatic nitrogens is 4. The van der Waals surface area contributed by atoms with E-state index < -0.39 is 0 Å². The molecule has 1 aromatic carbocycles. The van der Waals surface area contributed by atoms with E-state index in [-0.39, 0.29) is 36.6 Å². The molecule has 0 N–H and O–H groups in total. The molecule has 0 radical (unpaired) electrons. The Morgan fingerprint density at radius 2 is 2.09 bits per heavy atom. The maximum absolute atomic E-state index is 13.7. The Labute approximate surface area is 191 Å². The lowest BCUT2D eigenvalue weighted by Gasteiger charge is -2.30. The van der Waals surface area contributed by atoms with Crippen molar-refractivity contribution >= 4 is 17.6 Å². The zero-order valence-electron chi connectivity index (χ0n) is 18.4. The van der Waals surface area contributed by atoms with Gasteiger partial charge in [-0.05, 0) is 43.5 Å². The number of halogens is 1. The minimum atomic E-state index is -0.331. The van der Waals surface area contributed by atoms with Crippen molar-refractivity contribution in [2.24, 2.45) is 0 Å². The van der Waals surface area contributed by atoms with Crippen LogP contribution >= 0.6 is 0 Å². The summed E-state index contributed by atoms with van der Waals surface area (Å²) >= 11 is 0. The summed E-state index contributed by atoms with van der Waals surface area (Å²) in [6, 6.07) is 8.07. The quantitative estimate of drug-likeness (QED) is 0.599. The number of fused-ring (bicyclic) bond motifs is 1. The molecule has 0 aliphatic carbocycles. The second-order valence-corrected chi connectivity index (χ2v) is 8.61. The first-order valence-corrected chi connectivity index (χ1v) is 11.2. The second kappa shape index (κ2) is 8.73. The van der Waals surface area contributed by atoms with E-state index in [2.05, 4.69) is 5.10 Å². The standard InChI is InChI=1S/C24H25FN6O2/c1-16-20-6-7-21(32)31(13-17-4-2-5-19(25)12-17)24(20)28-23(27-16)18-8-11-29(14-18)22(33)15-30-10-3-9-26-30/h2-5,9-10,12,18H,6-8,11,13-15H2,1H3. The van der Waals surface area contributed by atoms with E-state index in [1.54, 1.807) is 40.2 Å². The van der Waals surface area contributed by atoms with Crippen molar-refractivity contribution in [3.05, 3.63) is 71.2 Å². The van der Waals surface area contributed by atoms with Gasteiger partial charge in [-0.25, -0.2) is 14.4 Å². The largest absolute Gasteiger partial charge is 0.340 e. The molecule has 33 heavy (non-hydrogen) atoms. The molecule has 170 valence electrons. The van der Waals surface area contributed by atoms with Gasteiger partial charge in [0, 0.05) is 49.1 Å². The topological polar surface area (TPSA) is 84.2 Å². The zero-order chi connectivity index (χ0) is 22.9. The molecule has 2 amide bonds. The Hall–Kier alpha value is -3.62. The van der Waals surface area contributed by atoms with Crippen LogP contribution in [0.25, 0.3) is 0 Å². The summed E-state index contributed by atoms with van der Waals surface area (Å²) < 4.78 is 15.3. The molecule has 3 aromatic rings. The Balaban J connectivity index is 1.38. The number of amides is 2. The average Bonchev–Trinajstić information content (AvgIpc) is 3.48. The number of nitrogens with zero attached hydrogens (tertiary/aromatic N) is 6. The van der Waals surface area contributed by atoms with Gasteiger partial charge in [0.05, 0.1) is 6.54 Å². The van der Waals surface area contributed by atoms with E-state index in [1.165, 1.54) is 12.1 Å². The monoisotopic (exact) mass is 448 g/mol. The minimum absolute atomic E-state index is 0.00335. The highest BCUT2D eigenvalue weighted by atomic mass is 19.1. The first kappa shape index (κ1) is 21.2. The number of likely N-dealkylation sites (tertiary alicyclic amines) is 1. The third-order valence-electron chi connectivity index (χ3n) is 6.35. The van der Waals surface area contributed by atoms with E-state index in [1.807, 2.05) is 11.8 Å².